The molecule has 0 fully saturated rings. The Morgan fingerprint density at radius 3 is 2.75 bits per heavy atom. The number of hydrogen-bond acceptors (Lipinski definition) is 3. The maximum Gasteiger partial charge on any atom is 0.327 e. The molecule has 6 nitrogen and oxygen atoms in total. The summed E-state index contributed by atoms with van der Waals surface area (Å²) in [6.07, 6.45) is 4.97. The zero-order chi connectivity index (χ0) is 15.0. The number of aliphatic carboxylic acids is 1. The van der Waals surface area contributed by atoms with Gasteiger partial charge in [0.1, 0.15) is 11.8 Å². The van der Waals surface area contributed by atoms with Gasteiger partial charge in [-0.3, -0.25) is 0 Å². The van der Waals surface area contributed by atoms with Gasteiger partial charge in [-0.15, -0.1) is 12.3 Å². The summed E-state index contributed by atoms with van der Waals surface area (Å²) in [4.78, 5) is 22.6. The quantitative estimate of drug-likeness (QED) is 0.690. The van der Waals surface area contributed by atoms with E-state index in [1.807, 2.05) is 6.92 Å². The smallest absolute Gasteiger partial charge is 0.327 e. The fraction of sp³-hybridized carbons (Fsp3) is 0.286. The lowest BCUT2D eigenvalue weighted by Crippen LogP contribution is -2.42. The number of amides is 2. The molecule has 1 unspecified atom stereocenters. The van der Waals surface area contributed by atoms with E-state index in [0.29, 0.717) is 18.0 Å². The largest absolute Gasteiger partial charge is 0.492 e. The summed E-state index contributed by atoms with van der Waals surface area (Å²) >= 11 is 0. The number of carboxylic acid groups (broad SMARTS) is 1. The van der Waals surface area contributed by atoms with Gasteiger partial charge in [0.2, 0.25) is 0 Å². The van der Waals surface area contributed by atoms with Crippen molar-refractivity contribution < 1.29 is 19.4 Å². The van der Waals surface area contributed by atoms with Gasteiger partial charge in [0, 0.05) is 6.42 Å². The first-order valence-corrected chi connectivity index (χ1v) is 6.04. The lowest BCUT2D eigenvalue weighted by atomic mass is 10.2. The first kappa shape index (κ1) is 15.4. The Morgan fingerprint density at radius 2 is 2.15 bits per heavy atom. The molecule has 0 aromatic heterocycles. The van der Waals surface area contributed by atoms with Crippen molar-refractivity contribution in [1.82, 2.24) is 5.32 Å². The van der Waals surface area contributed by atoms with Crippen LogP contribution in [0.3, 0.4) is 0 Å². The topological polar surface area (TPSA) is 87.7 Å². The van der Waals surface area contributed by atoms with Gasteiger partial charge < -0.3 is 20.5 Å². The van der Waals surface area contributed by atoms with Crippen LogP contribution in [0.15, 0.2) is 24.3 Å². The van der Waals surface area contributed by atoms with Crippen molar-refractivity contribution in [1.29, 1.82) is 0 Å². The van der Waals surface area contributed by atoms with Crippen molar-refractivity contribution in [2.75, 3.05) is 11.9 Å². The van der Waals surface area contributed by atoms with Crippen molar-refractivity contribution in [3.8, 4) is 18.1 Å². The molecule has 1 aromatic carbocycles. The Morgan fingerprint density at radius 1 is 1.45 bits per heavy atom. The normalized spacial score (nSPS) is 11.0. The summed E-state index contributed by atoms with van der Waals surface area (Å²) in [7, 11) is 0. The van der Waals surface area contributed by atoms with Gasteiger partial charge in [0.05, 0.1) is 12.3 Å². The van der Waals surface area contributed by atoms with Gasteiger partial charge in [0.15, 0.2) is 0 Å². The van der Waals surface area contributed by atoms with E-state index in [2.05, 4.69) is 16.6 Å². The van der Waals surface area contributed by atoms with Crippen LogP contribution in [0.2, 0.25) is 0 Å². The Labute approximate surface area is 117 Å². The Balaban J connectivity index is 2.71. The highest BCUT2D eigenvalue weighted by molar-refractivity contribution is 5.93. The molecule has 1 rings (SSSR count). The Bertz CT molecular complexity index is 522. The van der Waals surface area contributed by atoms with E-state index < -0.39 is 18.0 Å². The standard InChI is InChI=1S/C14H16N2O4/c1-3-7-11(13(17)18)16-14(19)15-10-8-5-6-9-12(10)20-4-2/h1,5-6,8-9,11H,4,7H2,2H3,(H,17,18)(H2,15,16,19). The van der Waals surface area contributed by atoms with Crippen LogP contribution in [0.1, 0.15) is 13.3 Å². The number of urea groups is 1. The van der Waals surface area contributed by atoms with Crippen LogP contribution in [0.25, 0.3) is 0 Å². The highest BCUT2D eigenvalue weighted by Gasteiger charge is 2.19. The van der Waals surface area contributed by atoms with Crippen molar-refractivity contribution in [3.63, 3.8) is 0 Å². The van der Waals surface area contributed by atoms with E-state index in [4.69, 9.17) is 16.3 Å². The van der Waals surface area contributed by atoms with Crippen molar-refractivity contribution >= 4 is 17.7 Å². The highest BCUT2D eigenvalue weighted by atomic mass is 16.5. The molecule has 1 aromatic rings. The lowest BCUT2D eigenvalue weighted by Gasteiger charge is -2.14. The maximum atomic E-state index is 11.7. The summed E-state index contributed by atoms with van der Waals surface area (Å²) in [5.41, 5.74) is 0.455. The first-order valence-electron chi connectivity index (χ1n) is 6.04. The third-order valence-electron chi connectivity index (χ3n) is 2.36. The van der Waals surface area contributed by atoms with Crippen LogP contribution < -0.4 is 15.4 Å². The average molecular weight is 276 g/mol. The molecule has 0 aliphatic heterocycles. The summed E-state index contributed by atoms with van der Waals surface area (Å²) in [5.74, 6) is 1.53. The fourth-order valence-corrected chi connectivity index (χ4v) is 1.49. The Hall–Kier alpha value is -2.68. The van der Waals surface area contributed by atoms with Crippen LogP contribution in [0.4, 0.5) is 10.5 Å². The average Bonchev–Trinajstić information content (AvgIpc) is 2.40. The number of carboxylic acids is 1. The molecule has 6 heteroatoms. The van der Waals surface area contributed by atoms with Gasteiger partial charge in [-0.2, -0.15) is 0 Å². The lowest BCUT2D eigenvalue weighted by molar-refractivity contribution is -0.139. The molecule has 0 radical (unpaired) electrons. The van der Waals surface area contributed by atoms with Crippen LogP contribution >= 0.6 is 0 Å². The second-order valence-corrected chi connectivity index (χ2v) is 3.83. The van der Waals surface area contributed by atoms with Gasteiger partial charge in [-0.1, -0.05) is 12.1 Å². The second kappa shape index (κ2) is 7.69. The van der Waals surface area contributed by atoms with Gasteiger partial charge in [-0.25, -0.2) is 9.59 Å². The van der Waals surface area contributed by atoms with E-state index in [1.54, 1.807) is 24.3 Å². The summed E-state index contributed by atoms with van der Waals surface area (Å²) in [5, 5.41) is 13.7. The zero-order valence-electron chi connectivity index (χ0n) is 11.1. The third kappa shape index (κ3) is 4.53. The number of rotatable bonds is 6. The summed E-state index contributed by atoms with van der Waals surface area (Å²) in [6.45, 7) is 2.28. The monoisotopic (exact) mass is 276 g/mol. The van der Waals surface area contributed by atoms with Crippen LogP contribution in [-0.4, -0.2) is 29.8 Å². The number of carbonyl (C=O) groups is 2. The SMILES string of the molecule is C#CCC(NC(=O)Nc1ccccc1OCC)C(=O)O. The summed E-state index contributed by atoms with van der Waals surface area (Å²) in [6, 6.07) is 5.08. The molecule has 0 bridgehead atoms. The second-order valence-electron chi connectivity index (χ2n) is 3.83. The minimum absolute atomic E-state index is 0.0874. The van der Waals surface area contributed by atoms with Crippen LogP contribution in [0.5, 0.6) is 5.75 Å². The van der Waals surface area contributed by atoms with Gasteiger partial charge in [-0.05, 0) is 19.1 Å². The van der Waals surface area contributed by atoms with Crippen LogP contribution in [0, 0.1) is 12.3 Å². The van der Waals surface area contributed by atoms with E-state index in [1.165, 1.54) is 0 Å². The minimum atomic E-state index is -1.18. The van der Waals surface area contributed by atoms with Gasteiger partial charge in [0.25, 0.3) is 0 Å². The minimum Gasteiger partial charge on any atom is -0.492 e. The molecule has 0 spiro atoms. The highest BCUT2D eigenvalue weighted by Crippen LogP contribution is 2.23. The molecular weight excluding hydrogens is 260 g/mol. The number of hydrogen-bond donors (Lipinski definition) is 3. The summed E-state index contributed by atoms with van der Waals surface area (Å²) < 4.78 is 5.35. The molecule has 0 saturated heterocycles. The maximum absolute atomic E-state index is 11.7. The number of benzene rings is 1. The number of ether oxygens (including phenoxy) is 1. The number of nitrogens with one attached hydrogen (secondary N) is 2. The molecule has 1 atom stereocenters. The molecular formula is C14H16N2O4. The van der Waals surface area contributed by atoms with E-state index >= 15 is 0 Å². The molecule has 0 aliphatic rings. The molecule has 0 aliphatic carbocycles. The van der Waals surface area contributed by atoms with E-state index in [0.717, 1.165) is 0 Å². The van der Waals surface area contributed by atoms with Crippen molar-refractivity contribution in [2.45, 2.75) is 19.4 Å². The number of carbonyl (C=O) groups excluding carboxylic acids is 1. The predicted octanol–water partition coefficient (Wildman–Crippen LogP) is 1.68. The molecule has 20 heavy (non-hydrogen) atoms. The van der Waals surface area contributed by atoms with Crippen molar-refractivity contribution in [2.24, 2.45) is 0 Å². The zero-order valence-corrected chi connectivity index (χ0v) is 11.1. The van der Waals surface area contributed by atoms with Crippen LogP contribution in [-0.2, 0) is 4.79 Å². The molecule has 0 saturated carbocycles. The molecule has 2 amide bonds. The molecule has 106 valence electrons. The first-order chi connectivity index (χ1) is 9.58. The van der Waals surface area contributed by atoms with Gasteiger partial charge >= 0.3 is 12.0 Å². The number of anilines is 1. The number of terminal acetylenes is 1. The fourth-order valence-electron chi connectivity index (χ4n) is 1.49. The third-order valence-corrected chi connectivity index (χ3v) is 2.36. The molecule has 3 N–H and O–H groups in total. The van der Waals surface area contributed by atoms with E-state index in [-0.39, 0.29) is 6.42 Å². The van der Waals surface area contributed by atoms with E-state index in [9.17, 15) is 9.59 Å². The van der Waals surface area contributed by atoms with Crippen molar-refractivity contribution in [3.05, 3.63) is 24.3 Å². The number of para-hydroxylation sites is 2. The Kier molecular flexibility index (Phi) is 5.91. The predicted molar refractivity (Wildman–Crippen MR) is 74.6 cm³/mol. The molecule has 0 heterocycles.